The van der Waals surface area contributed by atoms with E-state index in [1.54, 1.807) is 0 Å². The van der Waals surface area contributed by atoms with Crippen LogP contribution in [0.3, 0.4) is 0 Å². The summed E-state index contributed by atoms with van der Waals surface area (Å²) in [7, 11) is 0. The van der Waals surface area contributed by atoms with Gasteiger partial charge in [-0.3, -0.25) is 0 Å². The van der Waals surface area contributed by atoms with Crippen molar-refractivity contribution in [2.24, 2.45) is 0 Å². The third-order valence-electron chi connectivity index (χ3n) is 2.66. The molecule has 1 aliphatic carbocycles. The molecule has 2 aromatic heterocycles. The Hall–Kier alpha value is -1.43. The first-order valence-corrected chi connectivity index (χ1v) is 5.80. The van der Waals surface area contributed by atoms with Gasteiger partial charge in [-0.05, 0) is 35.4 Å². The second kappa shape index (κ2) is 3.86. The topological polar surface area (TPSA) is 59.2 Å². The highest BCUT2D eigenvalue weighted by Gasteiger charge is 2.29. The molecule has 2 heterocycles. The largest absolute Gasteiger partial charge is 0.351 e. The molecule has 2 aromatic rings. The average molecular weight is 239 g/mol. The summed E-state index contributed by atoms with van der Waals surface area (Å²) < 4.78 is 1.44. The van der Waals surface area contributed by atoms with Gasteiger partial charge in [0.05, 0.1) is 0 Å². The van der Waals surface area contributed by atoms with Crippen molar-refractivity contribution in [1.29, 1.82) is 0 Å². The average Bonchev–Trinajstić information content (AvgIpc) is 3.03. The number of aromatic nitrogens is 5. The van der Waals surface area contributed by atoms with E-state index in [2.05, 4.69) is 25.5 Å². The van der Waals surface area contributed by atoms with Gasteiger partial charge in [-0.25, -0.2) is 0 Å². The predicted molar refractivity (Wildman–Crippen MR) is 59.7 cm³/mol. The van der Waals surface area contributed by atoms with E-state index < -0.39 is 0 Å². The Balaban J connectivity index is 1.95. The van der Waals surface area contributed by atoms with E-state index >= 15 is 0 Å². The summed E-state index contributed by atoms with van der Waals surface area (Å²) in [6, 6.07) is 4.39. The number of fused-ring (bicyclic) bond motifs is 1. The van der Waals surface area contributed by atoms with Crippen molar-refractivity contribution < 1.29 is 0 Å². The van der Waals surface area contributed by atoms with Crippen LogP contribution in [-0.4, -0.2) is 43.7 Å². The minimum absolute atomic E-state index is 0.584. The number of halogens is 1. The lowest BCUT2D eigenvalue weighted by Crippen LogP contribution is -2.29. The highest BCUT2D eigenvalue weighted by Crippen LogP contribution is 2.30. The molecule has 1 fully saturated rings. The molecule has 0 spiro atoms. The fraction of sp³-hybridized carbons (Fsp3) is 0.556. The summed E-state index contributed by atoms with van der Waals surface area (Å²) in [5.74, 6) is 1.49. The third kappa shape index (κ3) is 1.69. The van der Waals surface area contributed by atoms with E-state index in [0.29, 0.717) is 17.6 Å². The van der Waals surface area contributed by atoms with Gasteiger partial charge in [0.15, 0.2) is 11.5 Å². The fourth-order valence-corrected chi connectivity index (χ4v) is 1.94. The molecule has 0 N–H and O–H groups in total. The monoisotopic (exact) mass is 238 g/mol. The lowest BCUT2D eigenvalue weighted by atomic mass is 10.4. The Labute approximate surface area is 97.2 Å². The first-order chi connectivity index (χ1) is 7.88. The molecule has 0 amide bonds. The maximum atomic E-state index is 5.80. The van der Waals surface area contributed by atoms with Crippen LogP contribution in [0.4, 0.5) is 5.82 Å². The van der Waals surface area contributed by atoms with Crippen LogP contribution in [0.15, 0.2) is 12.1 Å². The molecule has 84 valence electrons. The molecule has 7 heteroatoms. The van der Waals surface area contributed by atoms with Gasteiger partial charge in [-0.15, -0.1) is 26.4 Å². The quantitative estimate of drug-likeness (QED) is 0.735. The SMILES string of the molecule is ClCCN(c1ccc2nnnn2n1)C1CC1. The van der Waals surface area contributed by atoms with Gasteiger partial charge >= 0.3 is 0 Å². The van der Waals surface area contributed by atoms with Crippen LogP contribution in [0.25, 0.3) is 5.65 Å². The Morgan fingerprint density at radius 3 is 3.06 bits per heavy atom. The standard InChI is InChI=1S/C9H11ClN6/c10-5-6-15(7-1-2-7)9-4-3-8-11-13-14-16(8)12-9/h3-4,7H,1-2,5-6H2. The molecule has 0 aromatic carbocycles. The van der Waals surface area contributed by atoms with Crippen molar-refractivity contribution in [2.45, 2.75) is 18.9 Å². The molecule has 0 aliphatic heterocycles. The Bertz CT molecular complexity index is 493. The fourth-order valence-electron chi connectivity index (χ4n) is 1.75. The van der Waals surface area contributed by atoms with E-state index in [4.69, 9.17) is 11.6 Å². The summed E-state index contributed by atoms with van der Waals surface area (Å²) in [6.07, 6.45) is 2.43. The van der Waals surface area contributed by atoms with Gasteiger partial charge in [0.2, 0.25) is 0 Å². The van der Waals surface area contributed by atoms with Crippen LogP contribution in [0.2, 0.25) is 0 Å². The number of nitrogens with zero attached hydrogens (tertiary/aromatic N) is 6. The van der Waals surface area contributed by atoms with Crippen LogP contribution in [0.5, 0.6) is 0 Å². The Morgan fingerprint density at radius 1 is 1.44 bits per heavy atom. The van der Waals surface area contributed by atoms with E-state index in [0.717, 1.165) is 12.4 Å². The number of tetrazole rings is 1. The zero-order chi connectivity index (χ0) is 11.0. The van der Waals surface area contributed by atoms with Crippen molar-refractivity contribution in [3.63, 3.8) is 0 Å². The van der Waals surface area contributed by atoms with Gasteiger partial charge in [0, 0.05) is 18.5 Å². The van der Waals surface area contributed by atoms with Crippen LogP contribution in [0.1, 0.15) is 12.8 Å². The van der Waals surface area contributed by atoms with Gasteiger partial charge < -0.3 is 4.90 Å². The molecule has 0 radical (unpaired) electrons. The molecule has 1 aliphatic rings. The normalized spacial score (nSPS) is 15.6. The maximum Gasteiger partial charge on any atom is 0.200 e. The first kappa shape index (κ1) is 9.77. The summed E-state index contributed by atoms with van der Waals surface area (Å²) in [5, 5.41) is 15.5. The molecule has 6 nitrogen and oxygen atoms in total. The maximum absolute atomic E-state index is 5.80. The summed E-state index contributed by atoms with van der Waals surface area (Å²) in [4.78, 5) is 2.22. The predicted octanol–water partition coefficient (Wildman–Crippen LogP) is 0.727. The van der Waals surface area contributed by atoms with Crippen LogP contribution in [0, 0.1) is 0 Å². The minimum Gasteiger partial charge on any atom is -0.351 e. The van der Waals surface area contributed by atoms with Crippen LogP contribution < -0.4 is 4.90 Å². The zero-order valence-corrected chi connectivity index (χ0v) is 9.38. The van der Waals surface area contributed by atoms with Crippen LogP contribution >= 0.6 is 11.6 Å². The molecule has 1 saturated carbocycles. The van der Waals surface area contributed by atoms with Crippen molar-refractivity contribution >= 4 is 23.1 Å². The van der Waals surface area contributed by atoms with Crippen molar-refractivity contribution in [1.82, 2.24) is 25.3 Å². The Morgan fingerprint density at radius 2 is 2.31 bits per heavy atom. The van der Waals surface area contributed by atoms with Gasteiger partial charge in [-0.1, -0.05) is 0 Å². The van der Waals surface area contributed by atoms with Crippen molar-refractivity contribution in [3.8, 4) is 0 Å². The molecule has 0 atom stereocenters. The number of hydrogen-bond donors (Lipinski definition) is 0. The van der Waals surface area contributed by atoms with E-state index in [-0.39, 0.29) is 0 Å². The van der Waals surface area contributed by atoms with Gasteiger partial charge in [0.25, 0.3) is 0 Å². The first-order valence-electron chi connectivity index (χ1n) is 5.26. The highest BCUT2D eigenvalue weighted by molar-refractivity contribution is 6.18. The van der Waals surface area contributed by atoms with E-state index in [9.17, 15) is 0 Å². The number of hydrogen-bond acceptors (Lipinski definition) is 5. The van der Waals surface area contributed by atoms with Crippen LogP contribution in [-0.2, 0) is 0 Å². The molecule has 3 rings (SSSR count). The molecular formula is C9H11ClN6. The Kier molecular flexibility index (Phi) is 2.36. The summed E-state index contributed by atoms with van der Waals surface area (Å²) in [6.45, 7) is 0.812. The minimum atomic E-state index is 0.584. The molecule has 0 saturated heterocycles. The van der Waals surface area contributed by atoms with Crippen molar-refractivity contribution in [3.05, 3.63) is 12.1 Å². The van der Waals surface area contributed by atoms with Gasteiger partial charge in [-0.2, -0.15) is 0 Å². The van der Waals surface area contributed by atoms with E-state index in [1.165, 1.54) is 17.5 Å². The van der Waals surface area contributed by atoms with E-state index in [1.807, 2.05) is 12.1 Å². The number of rotatable bonds is 4. The molecular weight excluding hydrogens is 228 g/mol. The van der Waals surface area contributed by atoms with Gasteiger partial charge in [0.1, 0.15) is 0 Å². The summed E-state index contributed by atoms with van der Waals surface area (Å²) in [5.41, 5.74) is 0.658. The lowest BCUT2D eigenvalue weighted by molar-refractivity contribution is 0.708. The lowest BCUT2D eigenvalue weighted by Gasteiger charge is -2.21. The van der Waals surface area contributed by atoms with Crippen molar-refractivity contribution in [2.75, 3.05) is 17.3 Å². The second-order valence-electron chi connectivity index (χ2n) is 3.83. The molecule has 0 unspecified atom stereocenters. The summed E-state index contributed by atoms with van der Waals surface area (Å²) >= 11 is 5.80. The number of anilines is 1. The zero-order valence-electron chi connectivity index (χ0n) is 8.62. The second-order valence-corrected chi connectivity index (χ2v) is 4.21. The smallest absolute Gasteiger partial charge is 0.200 e. The third-order valence-corrected chi connectivity index (χ3v) is 2.83. The molecule has 0 bridgehead atoms. The number of alkyl halides is 1. The highest BCUT2D eigenvalue weighted by atomic mass is 35.5. The molecule has 16 heavy (non-hydrogen) atoms.